The molecule has 2 aliphatic heterocycles. The molecule has 0 aromatic heterocycles. The lowest BCUT2D eigenvalue weighted by Crippen LogP contribution is -2.57. The number of thioether (sulfide) groups is 1. The third-order valence-corrected chi connectivity index (χ3v) is 4.81. The largest absolute Gasteiger partial charge is 0.339 e. The summed E-state index contributed by atoms with van der Waals surface area (Å²) < 4.78 is 0. The van der Waals surface area contributed by atoms with Crippen molar-refractivity contribution in [2.75, 3.05) is 25.4 Å². The predicted molar refractivity (Wildman–Crippen MR) is 71.3 cm³/mol. The van der Waals surface area contributed by atoms with E-state index in [1.807, 2.05) is 11.8 Å². The molecule has 0 aromatic rings. The van der Waals surface area contributed by atoms with Gasteiger partial charge in [-0.1, -0.05) is 13.8 Å². The van der Waals surface area contributed by atoms with Crippen LogP contribution in [0, 0.1) is 5.92 Å². The van der Waals surface area contributed by atoms with Gasteiger partial charge < -0.3 is 10.2 Å². The van der Waals surface area contributed by atoms with E-state index in [2.05, 4.69) is 24.1 Å². The van der Waals surface area contributed by atoms with E-state index < -0.39 is 0 Å². The van der Waals surface area contributed by atoms with E-state index in [1.165, 1.54) is 0 Å². The number of amides is 1. The highest BCUT2D eigenvalue weighted by Gasteiger charge is 2.32. The first-order valence-corrected chi connectivity index (χ1v) is 6.87. The van der Waals surface area contributed by atoms with Crippen LogP contribution in [0.2, 0.25) is 0 Å². The predicted octanol–water partition coefficient (Wildman–Crippen LogP) is 1.37. The summed E-state index contributed by atoms with van der Waals surface area (Å²) >= 11 is 2.02. The lowest BCUT2D eigenvalue weighted by molar-refractivity contribution is -0.135. The van der Waals surface area contributed by atoms with Gasteiger partial charge in [-0.15, -0.1) is 12.4 Å². The van der Waals surface area contributed by atoms with Gasteiger partial charge in [0.2, 0.25) is 5.91 Å². The van der Waals surface area contributed by atoms with Crippen molar-refractivity contribution in [2.45, 2.75) is 31.6 Å². The van der Waals surface area contributed by atoms with Gasteiger partial charge in [-0.25, -0.2) is 0 Å². The second kappa shape index (κ2) is 6.12. The summed E-state index contributed by atoms with van der Waals surface area (Å²) in [4.78, 5) is 14.1. The van der Waals surface area contributed by atoms with Crippen LogP contribution >= 0.6 is 24.2 Å². The third kappa shape index (κ3) is 3.05. The van der Waals surface area contributed by atoms with Crippen molar-refractivity contribution in [1.82, 2.24) is 10.2 Å². The molecular formula is C11H21ClN2OS. The fraction of sp³-hybridized carbons (Fsp3) is 0.909. The van der Waals surface area contributed by atoms with Crippen molar-refractivity contribution >= 4 is 30.1 Å². The molecule has 0 spiro atoms. The highest BCUT2D eigenvalue weighted by atomic mass is 35.5. The van der Waals surface area contributed by atoms with Gasteiger partial charge >= 0.3 is 0 Å². The fourth-order valence-electron chi connectivity index (χ4n) is 2.00. The number of hydrogen-bond acceptors (Lipinski definition) is 3. The minimum absolute atomic E-state index is 0. The molecule has 0 aromatic carbocycles. The average molecular weight is 265 g/mol. The first-order chi connectivity index (χ1) is 7.18. The Labute approximate surface area is 108 Å². The minimum Gasteiger partial charge on any atom is -0.339 e. The van der Waals surface area contributed by atoms with Crippen LogP contribution < -0.4 is 5.32 Å². The Morgan fingerprint density at radius 1 is 1.50 bits per heavy atom. The molecule has 2 fully saturated rings. The van der Waals surface area contributed by atoms with E-state index in [0.717, 1.165) is 31.8 Å². The average Bonchev–Trinajstić information content (AvgIpc) is 2.15. The lowest BCUT2D eigenvalue weighted by Gasteiger charge is -2.38. The van der Waals surface area contributed by atoms with Crippen molar-refractivity contribution in [2.24, 2.45) is 5.92 Å². The molecule has 0 bridgehead atoms. The zero-order valence-electron chi connectivity index (χ0n) is 9.94. The van der Waals surface area contributed by atoms with E-state index in [9.17, 15) is 4.79 Å². The Bertz CT molecular complexity index is 246. The maximum absolute atomic E-state index is 12.0. The number of nitrogens with one attached hydrogen (secondary N) is 1. The molecule has 94 valence electrons. The molecule has 2 atom stereocenters. The Morgan fingerprint density at radius 3 is 2.69 bits per heavy atom. The molecule has 5 heteroatoms. The molecule has 1 amide bonds. The SMILES string of the molecule is CC(C)C1CN(C(=O)[C@H]2CCN2)CCS1.Cl. The van der Waals surface area contributed by atoms with Crippen LogP contribution in [0.5, 0.6) is 0 Å². The molecule has 1 unspecified atom stereocenters. The number of rotatable bonds is 2. The van der Waals surface area contributed by atoms with Gasteiger partial charge in [0.05, 0.1) is 6.04 Å². The molecule has 0 aliphatic carbocycles. The Hall–Kier alpha value is 0.0700. The summed E-state index contributed by atoms with van der Waals surface area (Å²) in [5.74, 6) is 2.09. The van der Waals surface area contributed by atoms with Gasteiger partial charge in [0.1, 0.15) is 0 Å². The van der Waals surface area contributed by atoms with Gasteiger partial charge in [0.25, 0.3) is 0 Å². The number of nitrogens with zero attached hydrogens (tertiary/aromatic N) is 1. The summed E-state index contributed by atoms with van der Waals surface area (Å²) in [5, 5.41) is 3.82. The standard InChI is InChI=1S/C11H20N2OS.ClH/c1-8(2)10-7-13(5-6-15-10)11(14)9-3-4-12-9;/h8-10,12H,3-7H2,1-2H3;1H/t9-,10?;/m1./s1. The monoisotopic (exact) mass is 264 g/mol. The summed E-state index contributed by atoms with van der Waals surface area (Å²) in [5.41, 5.74) is 0. The molecule has 2 rings (SSSR count). The number of carbonyl (C=O) groups is 1. The van der Waals surface area contributed by atoms with E-state index >= 15 is 0 Å². The van der Waals surface area contributed by atoms with Crippen molar-refractivity contribution in [3.05, 3.63) is 0 Å². The second-order valence-electron chi connectivity index (χ2n) is 4.73. The number of carbonyl (C=O) groups excluding carboxylic acids is 1. The van der Waals surface area contributed by atoms with Crippen LogP contribution in [0.15, 0.2) is 0 Å². The molecule has 1 N–H and O–H groups in total. The summed E-state index contributed by atoms with van der Waals surface area (Å²) in [6.45, 7) is 7.37. The molecule has 16 heavy (non-hydrogen) atoms. The number of hydrogen-bond donors (Lipinski definition) is 1. The fourth-order valence-corrected chi connectivity index (χ4v) is 3.30. The maximum atomic E-state index is 12.0. The molecule has 2 aliphatic rings. The molecule has 0 saturated carbocycles. The van der Waals surface area contributed by atoms with Crippen LogP contribution in [0.25, 0.3) is 0 Å². The van der Waals surface area contributed by atoms with Crippen molar-refractivity contribution in [3.63, 3.8) is 0 Å². The zero-order chi connectivity index (χ0) is 10.8. The Morgan fingerprint density at radius 2 is 2.19 bits per heavy atom. The zero-order valence-corrected chi connectivity index (χ0v) is 11.6. The van der Waals surface area contributed by atoms with Crippen LogP contribution in [0.1, 0.15) is 20.3 Å². The van der Waals surface area contributed by atoms with Crippen molar-refractivity contribution < 1.29 is 4.79 Å². The molecule has 2 heterocycles. The Balaban J connectivity index is 0.00000128. The highest BCUT2D eigenvalue weighted by molar-refractivity contribution is 8.00. The summed E-state index contributed by atoms with van der Waals surface area (Å²) in [6, 6.07) is 0.126. The van der Waals surface area contributed by atoms with Crippen molar-refractivity contribution in [1.29, 1.82) is 0 Å². The van der Waals surface area contributed by atoms with E-state index in [-0.39, 0.29) is 18.4 Å². The van der Waals surface area contributed by atoms with Gasteiger partial charge in [-0.3, -0.25) is 4.79 Å². The highest BCUT2D eigenvalue weighted by Crippen LogP contribution is 2.25. The Kier molecular flexibility index (Phi) is 5.41. The minimum atomic E-state index is 0. The van der Waals surface area contributed by atoms with Gasteiger partial charge in [-0.05, 0) is 18.9 Å². The molecular weight excluding hydrogens is 244 g/mol. The summed E-state index contributed by atoms with van der Waals surface area (Å²) in [6.07, 6.45) is 1.02. The van der Waals surface area contributed by atoms with Crippen LogP contribution in [0.4, 0.5) is 0 Å². The molecule has 2 saturated heterocycles. The molecule has 0 radical (unpaired) electrons. The van der Waals surface area contributed by atoms with Crippen LogP contribution in [-0.2, 0) is 4.79 Å². The van der Waals surface area contributed by atoms with E-state index in [1.54, 1.807) is 0 Å². The topological polar surface area (TPSA) is 32.3 Å². The van der Waals surface area contributed by atoms with Crippen LogP contribution in [0.3, 0.4) is 0 Å². The van der Waals surface area contributed by atoms with Crippen LogP contribution in [-0.4, -0.2) is 47.5 Å². The van der Waals surface area contributed by atoms with Gasteiger partial charge in [0, 0.05) is 24.1 Å². The normalized spacial score (nSPS) is 29.6. The molecule has 3 nitrogen and oxygen atoms in total. The maximum Gasteiger partial charge on any atom is 0.239 e. The van der Waals surface area contributed by atoms with E-state index in [0.29, 0.717) is 17.1 Å². The quantitative estimate of drug-likeness (QED) is 0.818. The number of halogens is 1. The lowest BCUT2D eigenvalue weighted by atomic mass is 10.0. The first kappa shape index (κ1) is 14.1. The van der Waals surface area contributed by atoms with E-state index in [4.69, 9.17) is 0 Å². The van der Waals surface area contributed by atoms with Gasteiger partial charge in [0.15, 0.2) is 0 Å². The second-order valence-corrected chi connectivity index (χ2v) is 6.08. The van der Waals surface area contributed by atoms with Gasteiger partial charge in [-0.2, -0.15) is 11.8 Å². The summed E-state index contributed by atoms with van der Waals surface area (Å²) in [7, 11) is 0. The van der Waals surface area contributed by atoms with Crippen molar-refractivity contribution in [3.8, 4) is 0 Å². The smallest absolute Gasteiger partial charge is 0.239 e. The third-order valence-electron chi connectivity index (χ3n) is 3.27. The first-order valence-electron chi connectivity index (χ1n) is 5.82.